The Bertz CT molecular complexity index is 334. The van der Waals surface area contributed by atoms with Crippen LogP contribution in [0.5, 0.6) is 0 Å². The maximum Gasteiger partial charge on any atom is 0.164 e. The molecule has 3 nitrogen and oxygen atoms in total. The number of likely N-dealkylation sites (tertiary alicyclic amines) is 1. The summed E-state index contributed by atoms with van der Waals surface area (Å²) in [4.78, 5) is 2.57. The van der Waals surface area contributed by atoms with Gasteiger partial charge in [-0.1, -0.05) is 6.92 Å². The highest BCUT2D eigenvalue weighted by Gasteiger charge is 2.14. The zero-order chi connectivity index (χ0) is 12.1. The molecule has 1 aromatic heterocycles. The highest BCUT2D eigenvalue weighted by atomic mass is 127. The number of hydrogen-bond acceptors (Lipinski definition) is 3. The van der Waals surface area contributed by atoms with Crippen LogP contribution in [0.15, 0.2) is 16.5 Å². The fourth-order valence-corrected chi connectivity index (χ4v) is 2.82. The van der Waals surface area contributed by atoms with Crippen LogP contribution in [0.1, 0.15) is 25.5 Å². The Morgan fingerprint density at radius 3 is 2.82 bits per heavy atom. The second-order valence-corrected chi connectivity index (χ2v) is 6.01. The zero-order valence-electron chi connectivity index (χ0n) is 10.4. The highest BCUT2D eigenvalue weighted by Crippen LogP contribution is 2.11. The molecule has 1 aromatic rings. The molecule has 0 spiro atoms. The summed E-state index contributed by atoms with van der Waals surface area (Å²) in [5.41, 5.74) is 0. The lowest BCUT2D eigenvalue weighted by Crippen LogP contribution is -2.31. The third-order valence-corrected chi connectivity index (χ3v) is 3.77. The maximum absolute atomic E-state index is 5.51. The van der Waals surface area contributed by atoms with Crippen LogP contribution in [0.4, 0.5) is 0 Å². The van der Waals surface area contributed by atoms with Crippen LogP contribution in [0.3, 0.4) is 0 Å². The molecule has 1 saturated heterocycles. The average molecular weight is 348 g/mol. The number of nitrogens with one attached hydrogen (secondary N) is 1. The summed E-state index contributed by atoms with van der Waals surface area (Å²) in [6.45, 7) is 8.03. The summed E-state index contributed by atoms with van der Waals surface area (Å²) in [6.07, 6.45) is 2.76. The van der Waals surface area contributed by atoms with E-state index in [0.717, 1.165) is 22.6 Å². The van der Waals surface area contributed by atoms with Gasteiger partial charge in [0.05, 0.1) is 6.54 Å². The van der Waals surface area contributed by atoms with Gasteiger partial charge in [0.15, 0.2) is 3.77 Å². The second-order valence-electron chi connectivity index (χ2n) is 4.95. The van der Waals surface area contributed by atoms with Gasteiger partial charge in [-0.2, -0.15) is 0 Å². The molecule has 4 heteroatoms. The molecule has 1 aliphatic rings. The van der Waals surface area contributed by atoms with E-state index in [1.54, 1.807) is 0 Å². The van der Waals surface area contributed by atoms with Crippen LogP contribution in [0, 0.1) is 9.68 Å². The Kier molecular flexibility index (Phi) is 5.31. The van der Waals surface area contributed by atoms with Crippen LogP contribution in [-0.4, -0.2) is 31.1 Å². The predicted octanol–water partition coefficient (Wildman–Crippen LogP) is 2.71. The van der Waals surface area contributed by atoms with E-state index in [9.17, 15) is 0 Å². The normalized spacial score (nSPS) is 18.7. The van der Waals surface area contributed by atoms with Gasteiger partial charge >= 0.3 is 0 Å². The smallest absolute Gasteiger partial charge is 0.164 e. The van der Waals surface area contributed by atoms with Crippen molar-refractivity contribution in [2.75, 3.05) is 26.2 Å². The fraction of sp³-hybridized carbons (Fsp3) is 0.692. The van der Waals surface area contributed by atoms with Crippen molar-refractivity contribution in [3.05, 3.63) is 21.7 Å². The fourth-order valence-electron chi connectivity index (χ4n) is 2.36. The molecule has 1 atom stereocenters. The standard InChI is InChI=1S/C13H21IN2O/c1-11(10-16-6-2-3-7-16)8-15-9-12-4-5-13(14)17-12/h4-5,11,15H,2-3,6-10H2,1H3. The first-order valence-corrected chi connectivity index (χ1v) is 7.49. The van der Waals surface area contributed by atoms with Gasteiger partial charge in [0, 0.05) is 6.54 Å². The second kappa shape index (κ2) is 6.75. The Morgan fingerprint density at radius 2 is 2.18 bits per heavy atom. The van der Waals surface area contributed by atoms with E-state index in [2.05, 4.69) is 39.7 Å². The summed E-state index contributed by atoms with van der Waals surface area (Å²) in [7, 11) is 0. The van der Waals surface area contributed by atoms with Crippen LogP contribution in [-0.2, 0) is 6.54 Å². The lowest BCUT2D eigenvalue weighted by Gasteiger charge is -2.20. The van der Waals surface area contributed by atoms with E-state index in [0.29, 0.717) is 5.92 Å². The molecule has 17 heavy (non-hydrogen) atoms. The lowest BCUT2D eigenvalue weighted by atomic mass is 10.1. The third kappa shape index (κ3) is 4.60. The van der Waals surface area contributed by atoms with E-state index in [1.165, 1.54) is 32.5 Å². The number of halogens is 1. The molecule has 0 aliphatic carbocycles. The van der Waals surface area contributed by atoms with Crippen LogP contribution < -0.4 is 5.32 Å². The monoisotopic (exact) mass is 348 g/mol. The summed E-state index contributed by atoms with van der Waals surface area (Å²) in [5.74, 6) is 1.74. The summed E-state index contributed by atoms with van der Waals surface area (Å²) < 4.78 is 6.48. The molecule has 0 aromatic carbocycles. The number of nitrogens with zero attached hydrogens (tertiary/aromatic N) is 1. The van der Waals surface area contributed by atoms with E-state index < -0.39 is 0 Å². The van der Waals surface area contributed by atoms with Crippen LogP contribution in [0.25, 0.3) is 0 Å². The Labute approximate surface area is 117 Å². The van der Waals surface area contributed by atoms with E-state index >= 15 is 0 Å². The van der Waals surface area contributed by atoms with Crippen LogP contribution >= 0.6 is 22.6 Å². The van der Waals surface area contributed by atoms with Gasteiger partial charge in [0.2, 0.25) is 0 Å². The van der Waals surface area contributed by atoms with Gasteiger partial charge in [-0.15, -0.1) is 0 Å². The molecule has 1 unspecified atom stereocenters. The first kappa shape index (κ1) is 13.4. The minimum Gasteiger partial charge on any atom is -0.454 e. The Morgan fingerprint density at radius 1 is 1.41 bits per heavy atom. The lowest BCUT2D eigenvalue weighted by molar-refractivity contribution is 0.281. The quantitative estimate of drug-likeness (QED) is 0.802. The topological polar surface area (TPSA) is 28.4 Å². The van der Waals surface area contributed by atoms with Crippen LogP contribution in [0.2, 0.25) is 0 Å². The molecule has 1 N–H and O–H groups in total. The van der Waals surface area contributed by atoms with Gasteiger partial charge in [-0.3, -0.25) is 0 Å². The molecular formula is C13H21IN2O. The summed E-state index contributed by atoms with van der Waals surface area (Å²) in [5, 5.41) is 3.46. The molecule has 1 aliphatic heterocycles. The van der Waals surface area contributed by atoms with Gasteiger partial charge in [0.1, 0.15) is 5.76 Å². The third-order valence-electron chi connectivity index (χ3n) is 3.19. The zero-order valence-corrected chi connectivity index (χ0v) is 12.6. The van der Waals surface area contributed by atoms with Gasteiger partial charge < -0.3 is 14.6 Å². The van der Waals surface area contributed by atoms with Gasteiger partial charge in [-0.25, -0.2) is 0 Å². The predicted molar refractivity (Wildman–Crippen MR) is 78.0 cm³/mol. The van der Waals surface area contributed by atoms with Crippen molar-refractivity contribution >= 4 is 22.6 Å². The number of rotatable bonds is 6. The molecule has 0 amide bonds. The SMILES string of the molecule is CC(CNCc1ccc(I)o1)CN1CCCC1. The summed E-state index contributed by atoms with van der Waals surface area (Å²) in [6, 6.07) is 4.05. The Balaban J connectivity index is 1.60. The molecule has 2 heterocycles. The first-order valence-electron chi connectivity index (χ1n) is 6.41. The molecule has 96 valence electrons. The molecule has 0 radical (unpaired) electrons. The van der Waals surface area contributed by atoms with Gasteiger partial charge in [-0.05, 0) is 73.1 Å². The highest BCUT2D eigenvalue weighted by molar-refractivity contribution is 14.1. The van der Waals surface area contributed by atoms with Crippen molar-refractivity contribution in [3.8, 4) is 0 Å². The van der Waals surface area contributed by atoms with Crippen molar-refractivity contribution in [1.29, 1.82) is 0 Å². The minimum absolute atomic E-state index is 0.710. The average Bonchev–Trinajstić information content (AvgIpc) is 2.90. The van der Waals surface area contributed by atoms with Crippen molar-refractivity contribution in [2.24, 2.45) is 5.92 Å². The minimum atomic E-state index is 0.710. The van der Waals surface area contributed by atoms with E-state index in [1.807, 2.05) is 12.1 Å². The Hall–Kier alpha value is -0.0700. The molecule has 0 saturated carbocycles. The number of hydrogen-bond donors (Lipinski definition) is 1. The molecular weight excluding hydrogens is 327 g/mol. The number of furan rings is 1. The largest absolute Gasteiger partial charge is 0.454 e. The van der Waals surface area contributed by atoms with Crippen molar-refractivity contribution in [2.45, 2.75) is 26.3 Å². The first-order chi connectivity index (χ1) is 8.24. The molecule has 1 fully saturated rings. The van der Waals surface area contributed by atoms with Crippen molar-refractivity contribution < 1.29 is 4.42 Å². The maximum atomic E-state index is 5.51. The summed E-state index contributed by atoms with van der Waals surface area (Å²) >= 11 is 2.20. The van der Waals surface area contributed by atoms with Crippen molar-refractivity contribution in [1.82, 2.24) is 10.2 Å². The van der Waals surface area contributed by atoms with E-state index in [-0.39, 0.29) is 0 Å². The molecule has 0 bridgehead atoms. The molecule has 2 rings (SSSR count). The van der Waals surface area contributed by atoms with E-state index in [4.69, 9.17) is 4.42 Å². The van der Waals surface area contributed by atoms with Crippen molar-refractivity contribution in [3.63, 3.8) is 0 Å². The van der Waals surface area contributed by atoms with Gasteiger partial charge in [0.25, 0.3) is 0 Å².